The van der Waals surface area contributed by atoms with Crippen molar-refractivity contribution in [3.63, 3.8) is 0 Å². The van der Waals surface area contributed by atoms with Crippen LogP contribution in [0.3, 0.4) is 0 Å². The minimum atomic E-state index is 0.0583. The van der Waals surface area contributed by atoms with Gasteiger partial charge in [-0.1, -0.05) is 12.8 Å². The van der Waals surface area contributed by atoms with Crippen LogP contribution in [0.4, 0.5) is 5.69 Å². The van der Waals surface area contributed by atoms with Gasteiger partial charge in [0.15, 0.2) is 0 Å². The second-order valence-electron chi connectivity index (χ2n) is 5.44. The Kier molecular flexibility index (Phi) is 4.88. The van der Waals surface area contributed by atoms with Gasteiger partial charge in [-0.2, -0.15) is 4.98 Å². The van der Waals surface area contributed by atoms with Crippen LogP contribution in [-0.2, 0) is 0 Å². The second kappa shape index (κ2) is 6.64. The van der Waals surface area contributed by atoms with Crippen molar-refractivity contribution < 1.29 is 9.47 Å². The highest BCUT2D eigenvalue weighted by atomic mass is 16.5. The number of pyridine rings is 1. The monoisotopic (exact) mass is 264 g/mol. The molecule has 0 aliphatic heterocycles. The molecule has 0 spiro atoms. The van der Waals surface area contributed by atoms with Crippen molar-refractivity contribution in [1.82, 2.24) is 4.98 Å². The first kappa shape index (κ1) is 14.0. The number of hydrogen-bond acceptors (Lipinski definition) is 4. The summed E-state index contributed by atoms with van der Waals surface area (Å²) in [6.07, 6.45) is 7.70. The van der Waals surface area contributed by atoms with Crippen molar-refractivity contribution in [1.29, 1.82) is 0 Å². The van der Waals surface area contributed by atoms with Gasteiger partial charge in [0.05, 0.1) is 11.8 Å². The summed E-state index contributed by atoms with van der Waals surface area (Å²) < 4.78 is 11.5. The minimum Gasteiger partial charge on any atom is -0.474 e. The highest BCUT2D eigenvalue weighted by Crippen LogP contribution is 2.26. The Morgan fingerprint density at radius 3 is 2.47 bits per heavy atom. The minimum absolute atomic E-state index is 0.0583. The molecule has 0 amide bonds. The molecule has 2 N–H and O–H groups in total. The summed E-state index contributed by atoms with van der Waals surface area (Å²) in [5.74, 6) is 1.10. The van der Waals surface area contributed by atoms with Crippen LogP contribution in [0.5, 0.6) is 11.8 Å². The summed E-state index contributed by atoms with van der Waals surface area (Å²) in [7, 11) is 0. The molecule has 0 bridgehead atoms. The number of nitrogens with zero attached hydrogens (tertiary/aromatic N) is 1. The van der Waals surface area contributed by atoms with Gasteiger partial charge in [0.1, 0.15) is 6.10 Å². The van der Waals surface area contributed by atoms with Crippen LogP contribution in [0.2, 0.25) is 0 Å². The van der Waals surface area contributed by atoms with Crippen molar-refractivity contribution >= 4 is 5.69 Å². The smallest absolute Gasteiger partial charge is 0.240 e. The third-order valence-corrected chi connectivity index (χ3v) is 3.30. The van der Waals surface area contributed by atoms with Crippen LogP contribution in [0, 0.1) is 0 Å². The van der Waals surface area contributed by atoms with E-state index in [1.165, 1.54) is 25.7 Å². The van der Waals surface area contributed by atoms with E-state index in [0.29, 0.717) is 17.4 Å². The Morgan fingerprint density at radius 1 is 1.16 bits per heavy atom. The van der Waals surface area contributed by atoms with Crippen LogP contribution < -0.4 is 15.2 Å². The summed E-state index contributed by atoms with van der Waals surface area (Å²) in [6, 6.07) is 3.63. The fourth-order valence-corrected chi connectivity index (χ4v) is 2.35. The molecule has 0 radical (unpaired) electrons. The van der Waals surface area contributed by atoms with Crippen LogP contribution >= 0.6 is 0 Å². The van der Waals surface area contributed by atoms with Gasteiger partial charge in [0, 0.05) is 6.07 Å². The van der Waals surface area contributed by atoms with Crippen LogP contribution in [0.15, 0.2) is 12.1 Å². The molecule has 0 atom stereocenters. The lowest BCUT2D eigenvalue weighted by atomic mass is 10.1. The first-order valence-electron chi connectivity index (χ1n) is 7.25. The molecule has 1 saturated carbocycles. The van der Waals surface area contributed by atoms with Crippen molar-refractivity contribution in [3.8, 4) is 11.8 Å². The van der Waals surface area contributed by atoms with Gasteiger partial charge in [-0.25, -0.2) is 0 Å². The lowest BCUT2D eigenvalue weighted by Crippen LogP contribution is -2.16. The Morgan fingerprint density at radius 2 is 1.84 bits per heavy atom. The number of anilines is 1. The van der Waals surface area contributed by atoms with Crippen LogP contribution in [0.1, 0.15) is 52.4 Å². The number of ether oxygens (including phenoxy) is 2. The van der Waals surface area contributed by atoms with Gasteiger partial charge in [-0.3, -0.25) is 0 Å². The van der Waals surface area contributed by atoms with Gasteiger partial charge in [0.25, 0.3) is 0 Å². The predicted molar refractivity (Wildman–Crippen MR) is 76.5 cm³/mol. The Balaban J connectivity index is 2.03. The summed E-state index contributed by atoms with van der Waals surface area (Å²) in [4.78, 5) is 4.37. The number of nitrogen functional groups attached to an aromatic ring is 1. The van der Waals surface area contributed by atoms with E-state index in [1.807, 2.05) is 19.9 Å². The predicted octanol–water partition coefficient (Wildman–Crippen LogP) is 3.55. The van der Waals surface area contributed by atoms with E-state index in [1.54, 1.807) is 6.07 Å². The molecular formula is C15H24N2O2. The van der Waals surface area contributed by atoms with E-state index >= 15 is 0 Å². The average Bonchev–Trinajstić information content (AvgIpc) is 2.61. The molecule has 106 valence electrons. The van der Waals surface area contributed by atoms with E-state index in [4.69, 9.17) is 15.2 Å². The number of nitrogens with two attached hydrogens (primary N) is 1. The number of rotatable bonds is 4. The van der Waals surface area contributed by atoms with E-state index in [9.17, 15) is 0 Å². The molecule has 2 rings (SSSR count). The highest BCUT2D eigenvalue weighted by molar-refractivity contribution is 5.49. The lowest BCUT2D eigenvalue weighted by molar-refractivity contribution is 0.171. The van der Waals surface area contributed by atoms with E-state index in [0.717, 1.165) is 12.8 Å². The maximum Gasteiger partial charge on any atom is 0.240 e. The zero-order chi connectivity index (χ0) is 13.7. The summed E-state index contributed by atoms with van der Waals surface area (Å²) in [5, 5.41) is 0. The molecule has 4 heteroatoms. The SMILES string of the molecule is CC(C)Oc1nc(OC2CCCCCC2)ccc1N. The normalized spacial score (nSPS) is 17.2. The fraction of sp³-hybridized carbons (Fsp3) is 0.667. The first-order chi connectivity index (χ1) is 9.15. The molecule has 19 heavy (non-hydrogen) atoms. The lowest BCUT2D eigenvalue weighted by Gasteiger charge is -2.17. The molecule has 1 aliphatic rings. The largest absolute Gasteiger partial charge is 0.474 e. The second-order valence-corrected chi connectivity index (χ2v) is 5.44. The molecule has 0 unspecified atom stereocenters. The van der Waals surface area contributed by atoms with Crippen LogP contribution in [0.25, 0.3) is 0 Å². The first-order valence-corrected chi connectivity index (χ1v) is 7.25. The quantitative estimate of drug-likeness (QED) is 0.845. The third-order valence-electron chi connectivity index (χ3n) is 3.30. The Bertz CT molecular complexity index is 399. The van der Waals surface area contributed by atoms with Crippen molar-refractivity contribution in [2.24, 2.45) is 0 Å². The van der Waals surface area contributed by atoms with Crippen molar-refractivity contribution in [2.75, 3.05) is 5.73 Å². The molecule has 0 aromatic carbocycles. The topological polar surface area (TPSA) is 57.4 Å². The summed E-state index contributed by atoms with van der Waals surface area (Å²) in [6.45, 7) is 3.92. The van der Waals surface area contributed by atoms with Gasteiger partial charge in [-0.15, -0.1) is 0 Å². The van der Waals surface area contributed by atoms with E-state index in [2.05, 4.69) is 4.98 Å². The van der Waals surface area contributed by atoms with Crippen molar-refractivity contribution in [2.45, 2.75) is 64.6 Å². The average molecular weight is 264 g/mol. The fourth-order valence-electron chi connectivity index (χ4n) is 2.35. The van der Waals surface area contributed by atoms with Crippen molar-refractivity contribution in [3.05, 3.63) is 12.1 Å². The highest BCUT2D eigenvalue weighted by Gasteiger charge is 2.15. The molecule has 1 aromatic rings. The Hall–Kier alpha value is -1.45. The third kappa shape index (κ3) is 4.30. The maximum atomic E-state index is 5.97. The number of hydrogen-bond donors (Lipinski definition) is 1. The molecular weight excluding hydrogens is 240 g/mol. The molecule has 4 nitrogen and oxygen atoms in total. The van der Waals surface area contributed by atoms with E-state index in [-0.39, 0.29) is 12.2 Å². The molecule has 1 aromatic heterocycles. The number of aromatic nitrogens is 1. The van der Waals surface area contributed by atoms with Gasteiger partial charge < -0.3 is 15.2 Å². The van der Waals surface area contributed by atoms with Gasteiger partial charge >= 0.3 is 0 Å². The Labute approximate surface area is 115 Å². The van der Waals surface area contributed by atoms with E-state index < -0.39 is 0 Å². The zero-order valence-corrected chi connectivity index (χ0v) is 11.9. The molecule has 0 saturated heterocycles. The maximum absolute atomic E-state index is 5.97. The summed E-state index contributed by atoms with van der Waals surface area (Å²) >= 11 is 0. The standard InChI is InChI=1S/C15H24N2O2/c1-11(2)18-15-13(16)9-10-14(17-15)19-12-7-5-3-4-6-8-12/h9-12H,3-8,16H2,1-2H3. The van der Waals surface area contributed by atoms with Gasteiger partial charge in [0.2, 0.25) is 11.8 Å². The molecule has 1 fully saturated rings. The van der Waals surface area contributed by atoms with Crippen LogP contribution in [-0.4, -0.2) is 17.2 Å². The molecule has 1 heterocycles. The summed E-state index contributed by atoms with van der Waals surface area (Å²) in [5.41, 5.74) is 6.41. The van der Waals surface area contributed by atoms with Gasteiger partial charge in [-0.05, 0) is 45.6 Å². The zero-order valence-electron chi connectivity index (χ0n) is 11.9. The molecule has 1 aliphatic carbocycles.